The predicted molar refractivity (Wildman–Crippen MR) is 73.4 cm³/mol. The third kappa shape index (κ3) is 3.06. The van der Waals surface area contributed by atoms with Gasteiger partial charge in [0.05, 0.1) is 11.2 Å². The van der Waals surface area contributed by atoms with Gasteiger partial charge in [-0.25, -0.2) is 4.98 Å². The topological polar surface area (TPSA) is 19.4 Å². The van der Waals surface area contributed by atoms with E-state index in [2.05, 4.69) is 42.6 Å². The van der Waals surface area contributed by atoms with E-state index in [1.807, 2.05) is 5.51 Å². The molecule has 0 amide bonds. The number of nitrogens with zero attached hydrogens (tertiary/aromatic N) is 3. The normalized spacial score (nSPS) is 23.5. The van der Waals surface area contributed by atoms with Gasteiger partial charge in [0.1, 0.15) is 0 Å². The molecule has 0 N–H and O–H groups in total. The van der Waals surface area contributed by atoms with Crippen LogP contribution < -0.4 is 0 Å². The first kappa shape index (κ1) is 13.0. The maximum atomic E-state index is 4.35. The summed E-state index contributed by atoms with van der Waals surface area (Å²) in [4.78, 5) is 10.9. The van der Waals surface area contributed by atoms with E-state index in [1.54, 1.807) is 11.3 Å². The highest BCUT2D eigenvalue weighted by atomic mass is 32.1. The molecule has 4 heteroatoms. The number of aromatic nitrogens is 1. The average molecular weight is 253 g/mol. The summed E-state index contributed by atoms with van der Waals surface area (Å²) in [5.74, 6) is 0.714. The molecule has 1 aromatic rings. The van der Waals surface area contributed by atoms with Crippen molar-refractivity contribution in [3.63, 3.8) is 0 Å². The predicted octanol–water partition coefficient (Wildman–Crippen LogP) is 2.22. The molecule has 96 valence electrons. The van der Waals surface area contributed by atoms with E-state index in [9.17, 15) is 0 Å². The summed E-state index contributed by atoms with van der Waals surface area (Å²) in [5.41, 5.74) is 3.17. The van der Waals surface area contributed by atoms with Crippen LogP contribution in [0.25, 0.3) is 0 Å². The molecule has 2 heterocycles. The highest BCUT2D eigenvalue weighted by Crippen LogP contribution is 2.22. The largest absolute Gasteiger partial charge is 0.304 e. The number of hydrogen-bond donors (Lipinski definition) is 0. The fourth-order valence-corrected chi connectivity index (χ4v) is 3.28. The Hall–Kier alpha value is -0.450. The van der Waals surface area contributed by atoms with Crippen molar-refractivity contribution in [2.45, 2.75) is 33.4 Å². The number of hydrogen-bond acceptors (Lipinski definition) is 4. The van der Waals surface area contributed by atoms with Crippen molar-refractivity contribution in [1.29, 1.82) is 0 Å². The van der Waals surface area contributed by atoms with Crippen molar-refractivity contribution in [3.8, 4) is 0 Å². The summed E-state index contributed by atoms with van der Waals surface area (Å²) in [7, 11) is 2.23. The second kappa shape index (κ2) is 5.46. The molecule has 0 aromatic carbocycles. The summed E-state index contributed by atoms with van der Waals surface area (Å²) in [6.07, 6.45) is 0. The first-order valence-electron chi connectivity index (χ1n) is 6.39. The smallest absolute Gasteiger partial charge is 0.0798 e. The van der Waals surface area contributed by atoms with E-state index in [-0.39, 0.29) is 0 Å². The fraction of sp³-hybridized carbons (Fsp3) is 0.769. The molecule has 1 fully saturated rings. The number of rotatable bonds is 3. The molecule has 1 saturated heterocycles. The highest BCUT2D eigenvalue weighted by molar-refractivity contribution is 7.09. The number of aryl methyl sites for hydroxylation is 1. The highest BCUT2D eigenvalue weighted by Gasteiger charge is 2.28. The van der Waals surface area contributed by atoms with E-state index >= 15 is 0 Å². The van der Waals surface area contributed by atoms with E-state index in [0.29, 0.717) is 12.0 Å². The van der Waals surface area contributed by atoms with Crippen molar-refractivity contribution in [3.05, 3.63) is 16.1 Å². The van der Waals surface area contributed by atoms with Crippen LogP contribution in [0.1, 0.15) is 24.4 Å². The minimum absolute atomic E-state index is 0.676. The van der Waals surface area contributed by atoms with Gasteiger partial charge in [-0.05, 0) is 19.9 Å². The zero-order valence-corrected chi connectivity index (χ0v) is 12.1. The minimum Gasteiger partial charge on any atom is -0.304 e. The van der Waals surface area contributed by atoms with Crippen molar-refractivity contribution in [1.82, 2.24) is 14.8 Å². The first-order valence-corrected chi connectivity index (χ1v) is 7.27. The monoisotopic (exact) mass is 253 g/mol. The van der Waals surface area contributed by atoms with Gasteiger partial charge in [-0.2, -0.15) is 0 Å². The van der Waals surface area contributed by atoms with Crippen LogP contribution in [0, 0.1) is 12.8 Å². The maximum absolute atomic E-state index is 4.35. The fourth-order valence-electron chi connectivity index (χ4n) is 2.48. The number of thiazole rings is 1. The quantitative estimate of drug-likeness (QED) is 0.823. The van der Waals surface area contributed by atoms with Crippen LogP contribution in [-0.2, 0) is 6.54 Å². The number of likely N-dealkylation sites (N-methyl/N-ethyl adjacent to an activating group) is 1. The van der Waals surface area contributed by atoms with E-state index in [1.165, 1.54) is 30.2 Å². The van der Waals surface area contributed by atoms with Gasteiger partial charge in [0, 0.05) is 37.1 Å². The summed E-state index contributed by atoms with van der Waals surface area (Å²) in [6.45, 7) is 11.4. The SMILES string of the molecule is Cc1ncsc1CN1CCN(C)C[C@@H]1C(C)C. The van der Waals surface area contributed by atoms with E-state index < -0.39 is 0 Å². The van der Waals surface area contributed by atoms with E-state index in [0.717, 1.165) is 6.54 Å². The van der Waals surface area contributed by atoms with Crippen LogP contribution in [0.4, 0.5) is 0 Å². The number of piperazine rings is 1. The van der Waals surface area contributed by atoms with Gasteiger partial charge in [0.25, 0.3) is 0 Å². The standard InChI is InChI=1S/C13H23N3S/c1-10(2)12-7-15(4)5-6-16(12)8-13-11(3)14-9-17-13/h9-10,12H,5-8H2,1-4H3/t12-/m1/s1. The summed E-state index contributed by atoms with van der Waals surface area (Å²) >= 11 is 1.79. The summed E-state index contributed by atoms with van der Waals surface area (Å²) in [6, 6.07) is 0.676. The summed E-state index contributed by atoms with van der Waals surface area (Å²) < 4.78 is 0. The Morgan fingerprint density at radius 3 is 2.82 bits per heavy atom. The Kier molecular flexibility index (Phi) is 4.17. The third-order valence-electron chi connectivity index (χ3n) is 3.70. The molecule has 0 unspecified atom stereocenters. The van der Waals surface area contributed by atoms with Crippen LogP contribution in [0.2, 0.25) is 0 Å². The molecule has 1 aliphatic heterocycles. The Morgan fingerprint density at radius 2 is 2.24 bits per heavy atom. The molecule has 0 radical (unpaired) electrons. The molecule has 0 bridgehead atoms. The maximum Gasteiger partial charge on any atom is 0.0798 e. The van der Waals surface area contributed by atoms with Crippen molar-refractivity contribution in [2.75, 3.05) is 26.7 Å². The Labute approximate surface area is 108 Å². The molecule has 1 atom stereocenters. The lowest BCUT2D eigenvalue weighted by molar-refractivity contribution is 0.0577. The lowest BCUT2D eigenvalue weighted by Crippen LogP contribution is -2.53. The van der Waals surface area contributed by atoms with Crippen LogP contribution in [0.3, 0.4) is 0 Å². The summed E-state index contributed by atoms with van der Waals surface area (Å²) in [5, 5.41) is 0. The lowest BCUT2D eigenvalue weighted by Gasteiger charge is -2.42. The molecule has 0 spiro atoms. The lowest BCUT2D eigenvalue weighted by atomic mass is 9.99. The molecule has 1 aromatic heterocycles. The van der Waals surface area contributed by atoms with Gasteiger partial charge >= 0.3 is 0 Å². The molecule has 0 aliphatic carbocycles. The Morgan fingerprint density at radius 1 is 1.47 bits per heavy atom. The average Bonchev–Trinajstić information content (AvgIpc) is 2.67. The third-order valence-corrected chi connectivity index (χ3v) is 4.62. The molecule has 1 aliphatic rings. The van der Waals surface area contributed by atoms with Crippen LogP contribution >= 0.6 is 11.3 Å². The van der Waals surface area contributed by atoms with Crippen LogP contribution in [-0.4, -0.2) is 47.5 Å². The molecule has 3 nitrogen and oxygen atoms in total. The van der Waals surface area contributed by atoms with Crippen LogP contribution in [0.15, 0.2) is 5.51 Å². The second-order valence-electron chi connectivity index (χ2n) is 5.41. The van der Waals surface area contributed by atoms with Crippen LogP contribution in [0.5, 0.6) is 0 Å². The van der Waals surface area contributed by atoms with Crippen molar-refractivity contribution >= 4 is 11.3 Å². The zero-order valence-electron chi connectivity index (χ0n) is 11.3. The second-order valence-corrected chi connectivity index (χ2v) is 6.34. The Bertz CT molecular complexity index is 361. The van der Waals surface area contributed by atoms with Gasteiger partial charge < -0.3 is 4.90 Å². The van der Waals surface area contributed by atoms with Gasteiger partial charge in [-0.3, -0.25) is 4.90 Å². The first-order chi connectivity index (χ1) is 8.08. The molecule has 2 rings (SSSR count). The molecule has 0 saturated carbocycles. The van der Waals surface area contributed by atoms with E-state index in [4.69, 9.17) is 0 Å². The minimum atomic E-state index is 0.676. The van der Waals surface area contributed by atoms with Gasteiger partial charge in [0.15, 0.2) is 0 Å². The zero-order chi connectivity index (χ0) is 12.4. The molecular formula is C13H23N3S. The van der Waals surface area contributed by atoms with Gasteiger partial charge in [0.2, 0.25) is 0 Å². The molecular weight excluding hydrogens is 230 g/mol. The van der Waals surface area contributed by atoms with Crippen molar-refractivity contribution < 1.29 is 0 Å². The Balaban J connectivity index is 2.05. The van der Waals surface area contributed by atoms with Crippen molar-refractivity contribution in [2.24, 2.45) is 5.92 Å². The van der Waals surface area contributed by atoms with Gasteiger partial charge in [-0.1, -0.05) is 13.8 Å². The molecule has 17 heavy (non-hydrogen) atoms. The van der Waals surface area contributed by atoms with Gasteiger partial charge in [-0.15, -0.1) is 11.3 Å².